The highest BCUT2D eigenvalue weighted by atomic mass is 127. The van der Waals surface area contributed by atoms with E-state index in [0.29, 0.717) is 3.92 Å². The lowest BCUT2D eigenvalue weighted by Gasteiger charge is -2.11. The van der Waals surface area contributed by atoms with Crippen LogP contribution in [0.1, 0.15) is 82.3 Å². The number of alkyl halides is 1. The number of carboxylic acids is 2. The first-order chi connectivity index (χ1) is 13.4. The molecule has 0 saturated heterocycles. The molecule has 28 heavy (non-hydrogen) atoms. The summed E-state index contributed by atoms with van der Waals surface area (Å²) in [6, 6.07) is 8.69. The van der Waals surface area contributed by atoms with E-state index in [2.05, 4.69) is 46.9 Å². The Hall–Kier alpha value is -1.11. The van der Waals surface area contributed by atoms with Gasteiger partial charge in [0.1, 0.15) is 0 Å². The smallest absolute Gasteiger partial charge is 0.306 e. The molecule has 158 valence electrons. The highest BCUT2D eigenvalue weighted by Gasteiger charge is 2.10. The van der Waals surface area contributed by atoms with Gasteiger partial charge in [-0.3, -0.25) is 9.59 Å². The highest BCUT2D eigenvalue weighted by molar-refractivity contribution is 14.1. The SMILES string of the molecule is CC(CCCCCCc1ccccc1CCCCC(I)CCC(=O)O)C(=O)O. The number of carboxylic acid groups (broad SMARTS) is 2. The summed E-state index contributed by atoms with van der Waals surface area (Å²) in [5.41, 5.74) is 2.89. The van der Waals surface area contributed by atoms with Crippen LogP contribution in [0.15, 0.2) is 24.3 Å². The van der Waals surface area contributed by atoms with Crippen molar-refractivity contribution < 1.29 is 19.8 Å². The first-order valence-corrected chi connectivity index (χ1v) is 11.8. The second kappa shape index (κ2) is 14.8. The van der Waals surface area contributed by atoms with Crippen molar-refractivity contribution in [3.63, 3.8) is 0 Å². The standard InChI is InChI=1S/C23H35IO4/c1-18(23(27)28)10-4-2-3-5-11-19-12-6-7-13-20(19)14-8-9-15-21(24)16-17-22(25)26/h6-7,12-13,18,21H,2-5,8-11,14-17H2,1H3,(H,25,26)(H,27,28). The molecule has 1 aromatic carbocycles. The molecule has 2 unspecified atom stereocenters. The molecule has 0 spiro atoms. The quantitative estimate of drug-likeness (QED) is 0.159. The monoisotopic (exact) mass is 502 g/mol. The van der Waals surface area contributed by atoms with E-state index in [1.807, 2.05) is 0 Å². The summed E-state index contributed by atoms with van der Waals surface area (Å²) in [4.78, 5) is 21.5. The van der Waals surface area contributed by atoms with Crippen LogP contribution >= 0.6 is 22.6 Å². The predicted molar refractivity (Wildman–Crippen MR) is 122 cm³/mol. The molecule has 0 aliphatic heterocycles. The summed E-state index contributed by atoms with van der Waals surface area (Å²) in [7, 11) is 0. The molecule has 1 aromatic rings. The van der Waals surface area contributed by atoms with Gasteiger partial charge in [0, 0.05) is 10.3 Å². The number of carbonyl (C=O) groups is 2. The van der Waals surface area contributed by atoms with Crippen LogP contribution in [0, 0.1) is 5.92 Å². The molecule has 0 aromatic heterocycles. The van der Waals surface area contributed by atoms with Gasteiger partial charge < -0.3 is 10.2 Å². The Kier molecular flexibility index (Phi) is 13.2. The minimum atomic E-state index is -0.702. The lowest BCUT2D eigenvalue weighted by molar-refractivity contribution is -0.141. The maximum Gasteiger partial charge on any atom is 0.306 e. The number of aliphatic carboxylic acids is 2. The zero-order valence-corrected chi connectivity index (χ0v) is 19.2. The van der Waals surface area contributed by atoms with Gasteiger partial charge in [-0.05, 0) is 56.1 Å². The Morgan fingerprint density at radius 2 is 1.39 bits per heavy atom. The topological polar surface area (TPSA) is 74.6 Å². The van der Waals surface area contributed by atoms with E-state index in [9.17, 15) is 9.59 Å². The molecule has 2 atom stereocenters. The van der Waals surface area contributed by atoms with Crippen LogP contribution in [0.3, 0.4) is 0 Å². The lowest BCUT2D eigenvalue weighted by Crippen LogP contribution is -2.08. The minimum Gasteiger partial charge on any atom is -0.481 e. The number of hydrogen-bond donors (Lipinski definition) is 2. The van der Waals surface area contributed by atoms with Gasteiger partial charge in [-0.25, -0.2) is 0 Å². The average molecular weight is 502 g/mol. The molecule has 4 nitrogen and oxygen atoms in total. The molecule has 0 saturated carbocycles. The predicted octanol–water partition coefficient (Wildman–Crippen LogP) is 6.28. The van der Waals surface area contributed by atoms with Gasteiger partial charge in [0.05, 0.1) is 5.92 Å². The number of unbranched alkanes of at least 4 members (excludes halogenated alkanes) is 4. The molecule has 0 amide bonds. The maximum absolute atomic E-state index is 10.8. The van der Waals surface area contributed by atoms with Crippen molar-refractivity contribution in [1.29, 1.82) is 0 Å². The van der Waals surface area contributed by atoms with Crippen LogP contribution in [0.25, 0.3) is 0 Å². The molecule has 0 aliphatic carbocycles. The molecule has 0 bridgehead atoms. The Morgan fingerprint density at radius 1 is 0.857 bits per heavy atom. The molecule has 0 heterocycles. The molecule has 1 rings (SSSR count). The van der Waals surface area contributed by atoms with Crippen molar-refractivity contribution in [3.8, 4) is 0 Å². The van der Waals surface area contributed by atoms with Gasteiger partial charge in [0.2, 0.25) is 0 Å². The molecule has 0 aliphatic rings. The fourth-order valence-corrected chi connectivity index (χ4v) is 4.15. The number of rotatable bonds is 16. The second-order valence-electron chi connectivity index (χ2n) is 7.74. The van der Waals surface area contributed by atoms with Gasteiger partial charge in [0.25, 0.3) is 0 Å². The van der Waals surface area contributed by atoms with E-state index in [1.165, 1.54) is 11.1 Å². The summed E-state index contributed by atoms with van der Waals surface area (Å²) in [6.07, 6.45) is 11.8. The van der Waals surface area contributed by atoms with Gasteiger partial charge in [-0.15, -0.1) is 0 Å². The van der Waals surface area contributed by atoms with Crippen LogP contribution in [0.5, 0.6) is 0 Å². The number of hydrogen-bond acceptors (Lipinski definition) is 2. The van der Waals surface area contributed by atoms with Gasteiger partial charge in [-0.1, -0.05) is 79.5 Å². The highest BCUT2D eigenvalue weighted by Crippen LogP contribution is 2.20. The summed E-state index contributed by atoms with van der Waals surface area (Å²) in [5.74, 6) is -1.62. The van der Waals surface area contributed by atoms with E-state index < -0.39 is 11.9 Å². The van der Waals surface area contributed by atoms with Crippen molar-refractivity contribution in [2.45, 2.75) is 87.9 Å². The summed E-state index contributed by atoms with van der Waals surface area (Å²) >= 11 is 2.38. The van der Waals surface area contributed by atoms with E-state index in [-0.39, 0.29) is 12.3 Å². The van der Waals surface area contributed by atoms with E-state index >= 15 is 0 Å². The van der Waals surface area contributed by atoms with E-state index in [1.54, 1.807) is 6.92 Å². The third-order valence-electron chi connectivity index (χ3n) is 5.26. The summed E-state index contributed by atoms with van der Waals surface area (Å²) in [5, 5.41) is 17.7. The van der Waals surface area contributed by atoms with E-state index in [0.717, 1.165) is 70.6 Å². The second-order valence-corrected chi connectivity index (χ2v) is 9.50. The largest absolute Gasteiger partial charge is 0.481 e. The van der Waals surface area contributed by atoms with Gasteiger partial charge >= 0.3 is 11.9 Å². The van der Waals surface area contributed by atoms with Crippen molar-refractivity contribution in [2.24, 2.45) is 5.92 Å². The van der Waals surface area contributed by atoms with Crippen LogP contribution in [-0.2, 0) is 22.4 Å². The third-order valence-corrected chi connectivity index (χ3v) is 6.50. The lowest BCUT2D eigenvalue weighted by atomic mass is 9.96. The maximum atomic E-state index is 10.8. The Bertz CT molecular complexity index is 588. The van der Waals surface area contributed by atoms with Crippen LogP contribution < -0.4 is 0 Å². The fourth-order valence-electron chi connectivity index (χ4n) is 3.39. The zero-order valence-electron chi connectivity index (χ0n) is 17.0. The normalized spacial score (nSPS) is 13.2. The molecule has 5 heteroatoms. The molecule has 2 N–H and O–H groups in total. The van der Waals surface area contributed by atoms with Crippen molar-refractivity contribution in [2.75, 3.05) is 0 Å². The fraction of sp³-hybridized carbons (Fsp3) is 0.652. The number of halogens is 1. The van der Waals surface area contributed by atoms with Gasteiger partial charge in [0.15, 0.2) is 0 Å². The van der Waals surface area contributed by atoms with Crippen molar-refractivity contribution in [1.82, 2.24) is 0 Å². The molecular weight excluding hydrogens is 467 g/mol. The van der Waals surface area contributed by atoms with Crippen LogP contribution in [0.2, 0.25) is 0 Å². The minimum absolute atomic E-state index is 0.230. The first-order valence-electron chi connectivity index (χ1n) is 10.6. The Labute approximate surface area is 183 Å². The number of aryl methyl sites for hydroxylation is 2. The Morgan fingerprint density at radius 3 is 1.96 bits per heavy atom. The van der Waals surface area contributed by atoms with Crippen molar-refractivity contribution in [3.05, 3.63) is 35.4 Å². The summed E-state index contributed by atoms with van der Waals surface area (Å²) in [6.45, 7) is 1.78. The molecule has 0 radical (unpaired) electrons. The van der Waals surface area contributed by atoms with Crippen LogP contribution in [-0.4, -0.2) is 26.1 Å². The Balaban J connectivity index is 2.23. The van der Waals surface area contributed by atoms with Gasteiger partial charge in [-0.2, -0.15) is 0 Å². The molecule has 0 fully saturated rings. The van der Waals surface area contributed by atoms with Crippen molar-refractivity contribution >= 4 is 34.5 Å². The number of benzene rings is 1. The third kappa shape index (κ3) is 11.7. The average Bonchev–Trinajstić information content (AvgIpc) is 2.66. The zero-order chi connectivity index (χ0) is 20.8. The van der Waals surface area contributed by atoms with E-state index in [4.69, 9.17) is 10.2 Å². The molecular formula is C23H35IO4. The van der Waals surface area contributed by atoms with Crippen LogP contribution in [0.4, 0.5) is 0 Å². The first kappa shape index (κ1) is 24.9. The summed E-state index contributed by atoms with van der Waals surface area (Å²) < 4.78 is 0.452.